The molecule has 0 amide bonds. The lowest BCUT2D eigenvalue weighted by atomic mass is 9.96. The molecule has 1 N–H and O–H groups in total. The number of benzene rings is 2. The minimum absolute atomic E-state index is 0.00732. The van der Waals surface area contributed by atoms with Gasteiger partial charge in [0.25, 0.3) is 5.56 Å². The Morgan fingerprint density at radius 1 is 1.05 bits per heavy atom. The van der Waals surface area contributed by atoms with E-state index in [-0.39, 0.29) is 11.6 Å². The third kappa shape index (κ3) is 3.25. The summed E-state index contributed by atoms with van der Waals surface area (Å²) in [5.74, 6) is 0.808. The Hall–Kier alpha value is -4.04. The Labute approximate surface area is 217 Å². The van der Waals surface area contributed by atoms with Gasteiger partial charge in [-0.25, -0.2) is 0 Å². The molecule has 37 heavy (non-hydrogen) atoms. The predicted octanol–water partition coefficient (Wildman–Crippen LogP) is 4.66. The van der Waals surface area contributed by atoms with Crippen molar-refractivity contribution in [1.82, 2.24) is 24.8 Å². The highest BCUT2D eigenvalue weighted by atomic mass is 35.5. The van der Waals surface area contributed by atoms with Gasteiger partial charge in [-0.05, 0) is 87.8 Å². The molecular weight excluding hydrogens is 486 g/mol. The molecule has 8 nitrogen and oxygen atoms in total. The molecule has 3 unspecified atom stereocenters. The van der Waals surface area contributed by atoms with E-state index in [9.17, 15) is 4.79 Å². The first-order valence-corrected chi connectivity index (χ1v) is 12.9. The fraction of sp³-hybridized carbons (Fsp3) is 0.250. The number of allylic oxidation sites excluding steroid dienone is 1. The number of aliphatic imine (C=N–C) groups is 1. The van der Waals surface area contributed by atoms with Crippen molar-refractivity contribution in [3.63, 3.8) is 0 Å². The quantitative estimate of drug-likeness (QED) is 0.434. The van der Waals surface area contributed by atoms with Crippen LogP contribution in [-0.2, 0) is 6.42 Å². The van der Waals surface area contributed by atoms with Crippen LogP contribution in [0.3, 0.4) is 0 Å². The number of hydrogen-bond acceptors (Lipinski definition) is 6. The molecular formula is C28H22ClN7O. The number of fused-ring (bicyclic) bond motifs is 4. The summed E-state index contributed by atoms with van der Waals surface area (Å²) in [6.45, 7) is 0.999. The number of tetrazole rings is 1. The monoisotopic (exact) mass is 507 g/mol. The normalized spacial score (nSPS) is 22.7. The predicted molar refractivity (Wildman–Crippen MR) is 142 cm³/mol. The molecule has 2 aromatic heterocycles. The molecule has 3 aliphatic heterocycles. The number of hydrogen-bond donors (Lipinski definition) is 1. The third-order valence-corrected chi connectivity index (χ3v) is 8.39. The van der Waals surface area contributed by atoms with Crippen LogP contribution < -0.4 is 10.9 Å². The van der Waals surface area contributed by atoms with Crippen LogP contribution in [0.2, 0.25) is 5.02 Å². The van der Waals surface area contributed by atoms with Gasteiger partial charge in [0, 0.05) is 58.8 Å². The lowest BCUT2D eigenvalue weighted by molar-refractivity contribution is 0.584. The zero-order valence-electron chi connectivity index (χ0n) is 19.8. The average molecular weight is 508 g/mol. The van der Waals surface area contributed by atoms with Crippen LogP contribution in [0.25, 0.3) is 22.4 Å². The molecule has 0 radical (unpaired) electrons. The second kappa shape index (κ2) is 7.73. The summed E-state index contributed by atoms with van der Waals surface area (Å²) in [7, 11) is 0. The highest BCUT2D eigenvalue weighted by molar-refractivity contribution is 6.31. The van der Waals surface area contributed by atoms with E-state index in [2.05, 4.69) is 45.1 Å². The SMILES string of the molecule is O=c1cc(-c2cc(Cl)ccc2-n2cnnn2)cc2n1C(C1=NC=C(c3ccc4c(c3)CCN4)C1)C1CC21. The highest BCUT2D eigenvalue weighted by Gasteiger charge is 2.54. The Morgan fingerprint density at radius 2 is 2.00 bits per heavy atom. The van der Waals surface area contributed by atoms with E-state index in [1.54, 1.807) is 23.1 Å². The lowest BCUT2D eigenvalue weighted by Gasteiger charge is -2.20. The van der Waals surface area contributed by atoms with Gasteiger partial charge in [0.05, 0.1) is 11.7 Å². The van der Waals surface area contributed by atoms with E-state index in [1.165, 1.54) is 22.4 Å². The number of nitrogens with zero attached hydrogens (tertiary/aromatic N) is 6. The summed E-state index contributed by atoms with van der Waals surface area (Å²) in [4.78, 5) is 18.5. The molecule has 1 aliphatic carbocycles. The Kier molecular flexibility index (Phi) is 4.40. The molecule has 0 bridgehead atoms. The van der Waals surface area contributed by atoms with Crippen molar-refractivity contribution in [2.24, 2.45) is 10.9 Å². The molecule has 1 saturated carbocycles. The van der Waals surface area contributed by atoms with Gasteiger partial charge < -0.3 is 9.88 Å². The average Bonchev–Trinajstić information content (AvgIpc) is 3.41. The van der Waals surface area contributed by atoms with Crippen molar-refractivity contribution in [3.8, 4) is 16.8 Å². The Morgan fingerprint density at radius 3 is 2.89 bits per heavy atom. The molecule has 5 heterocycles. The zero-order chi connectivity index (χ0) is 24.7. The van der Waals surface area contributed by atoms with Gasteiger partial charge in [-0.2, -0.15) is 4.68 Å². The molecule has 4 aromatic rings. The van der Waals surface area contributed by atoms with E-state index in [1.807, 2.05) is 22.9 Å². The number of rotatable bonds is 4. The first kappa shape index (κ1) is 21.1. The topological polar surface area (TPSA) is 90.0 Å². The first-order chi connectivity index (χ1) is 18.1. The summed E-state index contributed by atoms with van der Waals surface area (Å²) in [6.07, 6.45) is 6.47. The van der Waals surface area contributed by atoms with Gasteiger partial charge >= 0.3 is 0 Å². The largest absolute Gasteiger partial charge is 0.384 e. The second-order valence-electron chi connectivity index (χ2n) is 10.2. The maximum atomic E-state index is 13.6. The highest BCUT2D eigenvalue weighted by Crippen LogP contribution is 2.60. The van der Waals surface area contributed by atoms with Gasteiger partial charge in [0.1, 0.15) is 6.33 Å². The fourth-order valence-electron chi connectivity index (χ4n) is 6.35. The summed E-state index contributed by atoms with van der Waals surface area (Å²) in [5.41, 5.74) is 9.66. The Bertz CT molecular complexity index is 1720. The molecule has 1 fully saturated rings. The van der Waals surface area contributed by atoms with Gasteiger partial charge in [-0.3, -0.25) is 9.79 Å². The fourth-order valence-corrected chi connectivity index (χ4v) is 6.52. The number of nitrogens with one attached hydrogen (secondary N) is 1. The van der Waals surface area contributed by atoms with Crippen LogP contribution in [0.4, 0.5) is 5.69 Å². The van der Waals surface area contributed by atoms with Crippen LogP contribution >= 0.6 is 11.6 Å². The van der Waals surface area contributed by atoms with E-state index in [0.717, 1.165) is 54.0 Å². The van der Waals surface area contributed by atoms with Crippen LogP contribution in [0.15, 0.2) is 70.8 Å². The number of halogens is 1. The van der Waals surface area contributed by atoms with Crippen LogP contribution in [0.5, 0.6) is 0 Å². The van der Waals surface area contributed by atoms with Crippen molar-refractivity contribution in [2.45, 2.75) is 31.2 Å². The van der Waals surface area contributed by atoms with E-state index in [0.29, 0.717) is 16.9 Å². The van der Waals surface area contributed by atoms with Crippen molar-refractivity contribution in [1.29, 1.82) is 0 Å². The number of anilines is 1. The molecule has 3 atom stereocenters. The van der Waals surface area contributed by atoms with Crippen LogP contribution in [0.1, 0.15) is 41.6 Å². The smallest absolute Gasteiger partial charge is 0.251 e. The van der Waals surface area contributed by atoms with Gasteiger partial charge in [-0.1, -0.05) is 17.7 Å². The molecule has 4 aliphatic rings. The molecule has 182 valence electrons. The lowest BCUT2D eigenvalue weighted by Crippen LogP contribution is -2.29. The van der Waals surface area contributed by atoms with E-state index >= 15 is 0 Å². The van der Waals surface area contributed by atoms with Crippen molar-refractivity contribution in [2.75, 3.05) is 11.9 Å². The van der Waals surface area contributed by atoms with E-state index in [4.69, 9.17) is 16.6 Å². The summed E-state index contributed by atoms with van der Waals surface area (Å²) in [6, 6.07) is 16.0. The Balaban J connectivity index is 1.14. The number of pyridine rings is 1. The molecule has 9 heteroatoms. The first-order valence-electron chi connectivity index (χ1n) is 12.6. The van der Waals surface area contributed by atoms with Crippen LogP contribution in [-0.4, -0.2) is 37.0 Å². The maximum Gasteiger partial charge on any atom is 0.251 e. The molecule has 0 spiro atoms. The third-order valence-electron chi connectivity index (χ3n) is 8.15. The molecule has 0 saturated heterocycles. The van der Waals surface area contributed by atoms with Crippen molar-refractivity contribution < 1.29 is 0 Å². The maximum absolute atomic E-state index is 13.6. The van der Waals surface area contributed by atoms with E-state index < -0.39 is 0 Å². The van der Waals surface area contributed by atoms with Gasteiger partial charge in [-0.15, -0.1) is 5.10 Å². The van der Waals surface area contributed by atoms with Crippen molar-refractivity contribution >= 4 is 28.6 Å². The number of aromatic nitrogens is 5. The second-order valence-corrected chi connectivity index (χ2v) is 10.7. The van der Waals surface area contributed by atoms with Crippen molar-refractivity contribution in [3.05, 3.63) is 93.3 Å². The van der Waals surface area contributed by atoms with Crippen LogP contribution in [0, 0.1) is 5.92 Å². The molecule has 2 aromatic carbocycles. The van der Waals surface area contributed by atoms with Gasteiger partial charge in [0.2, 0.25) is 0 Å². The minimum Gasteiger partial charge on any atom is -0.384 e. The summed E-state index contributed by atoms with van der Waals surface area (Å²) < 4.78 is 3.57. The summed E-state index contributed by atoms with van der Waals surface area (Å²) in [5, 5.41) is 15.6. The standard InChI is InChI=1S/C28H22ClN7O/c29-19-2-4-25(35-14-32-33-34-35)20(11-19)17-9-26-21-12-22(21)28(36(26)27(37)10-17)24-8-18(13-31-24)15-1-3-23-16(7-15)5-6-30-23/h1-4,7,9-11,13-14,21-22,28,30H,5-6,8,12H2. The summed E-state index contributed by atoms with van der Waals surface area (Å²) >= 11 is 6.36. The molecule has 8 rings (SSSR count). The van der Waals surface area contributed by atoms with Gasteiger partial charge in [0.15, 0.2) is 0 Å². The minimum atomic E-state index is -0.00732. The zero-order valence-corrected chi connectivity index (χ0v) is 20.6.